The second-order valence-electron chi connectivity index (χ2n) is 5.86. The molecule has 1 aromatic heterocycles. The van der Waals surface area contributed by atoms with Crippen LogP contribution in [0.3, 0.4) is 0 Å². The summed E-state index contributed by atoms with van der Waals surface area (Å²) in [5.41, 5.74) is 2.05. The maximum Gasteiger partial charge on any atom is 0.130 e. The molecule has 6 heteroatoms. The Labute approximate surface area is 139 Å². The summed E-state index contributed by atoms with van der Waals surface area (Å²) in [6.07, 6.45) is 3.23. The van der Waals surface area contributed by atoms with E-state index >= 15 is 0 Å². The van der Waals surface area contributed by atoms with E-state index in [1.54, 1.807) is 12.1 Å². The smallest absolute Gasteiger partial charge is 0.130 e. The number of fused-ring (bicyclic) bond motifs is 2. The molecule has 3 saturated heterocycles. The van der Waals surface area contributed by atoms with Crippen LogP contribution in [0, 0.1) is 0 Å². The molecule has 2 N–H and O–H groups in total. The highest BCUT2D eigenvalue weighted by Gasteiger charge is 2.36. The van der Waals surface area contributed by atoms with Crippen molar-refractivity contribution in [3.05, 3.63) is 46.6 Å². The highest BCUT2D eigenvalue weighted by Crippen LogP contribution is 2.28. The molecule has 0 aliphatic carbocycles. The van der Waals surface area contributed by atoms with Gasteiger partial charge in [0.1, 0.15) is 5.82 Å². The van der Waals surface area contributed by atoms with E-state index in [1.165, 1.54) is 12.1 Å². The van der Waals surface area contributed by atoms with Crippen molar-refractivity contribution in [3.63, 3.8) is 0 Å². The molecule has 0 spiro atoms. The SMILES string of the molecule is Clc1ccc(Nc2ccc(N3CC4CC(C3)N4)cn2)cc1Cl. The lowest BCUT2D eigenvalue weighted by molar-refractivity contribution is 0.226. The highest BCUT2D eigenvalue weighted by atomic mass is 35.5. The minimum absolute atomic E-state index is 0.531. The fraction of sp³-hybridized carbons (Fsp3) is 0.312. The second kappa shape index (κ2) is 5.61. The van der Waals surface area contributed by atoms with Gasteiger partial charge >= 0.3 is 0 Å². The number of hydrogen-bond donors (Lipinski definition) is 2. The molecule has 2 bridgehead atoms. The van der Waals surface area contributed by atoms with Gasteiger partial charge in [-0.15, -0.1) is 0 Å². The number of anilines is 3. The van der Waals surface area contributed by atoms with Crippen LogP contribution in [0.25, 0.3) is 0 Å². The van der Waals surface area contributed by atoms with Crippen LogP contribution in [0.15, 0.2) is 36.5 Å². The quantitative estimate of drug-likeness (QED) is 0.898. The van der Waals surface area contributed by atoms with Gasteiger partial charge in [0.25, 0.3) is 0 Å². The van der Waals surface area contributed by atoms with Crippen molar-refractivity contribution in [1.82, 2.24) is 10.3 Å². The molecule has 2 aromatic rings. The maximum atomic E-state index is 6.02. The molecule has 0 radical (unpaired) electrons. The molecule has 3 fully saturated rings. The van der Waals surface area contributed by atoms with Gasteiger partial charge < -0.3 is 15.5 Å². The Kier molecular flexibility index (Phi) is 3.60. The Morgan fingerprint density at radius 1 is 1.09 bits per heavy atom. The van der Waals surface area contributed by atoms with Crippen LogP contribution in [0.4, 0.5) is 17.2 Å². The minimum atomic E-state index is 0.531. The fourth-order valence-corrected chi connectivity index (χ4v) is 3.39. The fourth-order valence-electron chi connectivity index (χ4n) is 3.09. The second-order valence-corrected chi connectivity index (χ2v) is 6.67. The van der Waals surface area contributed by atoms with Crippen LogP contribution in [0.2, 0.25) is 10.0 Å². The number of pyridine rings is 1. The van der Waals surface area contributed by atoms with Crippen LogP contribution in [0.5, 0.6) is 0 Å². The van der Waals surface area contributed by atoms with E-state index in [-0.39, 0.29) is 0 Å². The molecule has 0 amide bonds. The number of piperazine rings is 1. The standard InChI is InChI=1S/C16H16Cl2N4/c17-14-3-1-10(6-15(14)18)21-16-4-2-13(7-19-16)22-8-11-5-12(9-22)20-11/h1-4,6-7,11-12,20H,5,8-9H2,(H,19,21). The lowest BCUT2D eigenvalue weighted by Crippen LogP contribution is -2.67. The molecule has 3 aliphatic heterocycles. The first-order valence-corrected chi connectivity index (χ1v) is 8.12. The first-order valence-electron chi connectivity index (χ1n) is 7.36. The van der Waals surface area contributed by atoms with Gasteiger partial charge in [-0.05, 0) is 36.8 Å². The molecule has 4 heterocycles. The predicted octanol–water partition coefficient (Wildman–Crippen LogP) is 3.68. The van der Waals surface area contributed by atoms with Crippen molar-refractivity contribution in [2.24, 2.45) is 0 Å². The Bertz CT molecular complexity index is 673. The lowest BCUT2D eigenvalue weighted by Gasteiger charge is -2.49. The molecule has 2 unspecified atom stereocenters. The van der Waals surface area contributed by atoms with Gasteiger partial charge in [-0.25, -0.2) is 4.98 Å². The zero-order valence-corrected chi connectivity index (χ0v) is 13.4. The molecule has 3 aliphatic rings. The van der Waals surface area contributed by atoms with E-state index in [2.05, 4.69) is 26.6 Å². The van der Waals surface area contributed by atoms with Crippen molar-refractivity contribution in [2.45, 2.75) is 18.5 Å². The van der Waals surface area contributed by atoms with E-state index < -0.39 is 0 Å². The van der Waals surface area contributed by atoms with Gasteiger partial charge in [-0.2, -0.15) is 0 Å². The molecular formula is C16H16Cl2N4. The Morgan fingerprint density at radius 2 is 1.86 bits per heavy atom. The summed E-state index contributed by atoms with van der Waals surface area (Å²) in [5, 5.41) is 7.85. The Morgan fingerprint density at radius 3 is 2.50 bits per heavy atom. The van der Waals surface area contributed by atoms with Crippen molar-refractivity contribution in [3.8, 4) is 0 Å². The number of nitrogens with zero attached hydrogens (tertiary/aromatic N) is 2. The monoisotopic (exact) mass is 334 g/mol. The summed E-state index contributed by atoms with van der Waals surface area (Å²) < 4.78 is 0. The van der Waals surface area contributed by atoms with Gasteiger partial charge in [-0.1, -0.05) is 23.2 Å². The molecule has 22 heavy (non-hydrogen) atoms. The van der Waals surface area contributed by atoms with Crippen molar-refractivity contribution in [2.75, 3.05) is 23.3 Å². The number of hydrogen-bond acceptors (Lipinski definition) is 4. The normalized spacial score (nSPS) is 23.1. The van der Waals surface area contributed by atoms with Gasteiger partial charge in [0.15, 0.2) is 0 Å². The zero-order chi connectivity index (χ0) is 15.1. The predicted molar refractivity (Wildman–Crippen MR) is 91.5 cm³/mol. The summed E-state index contributed by atoms with van der Waals surface area (Å²) in [7, 11) is 0. The Hall–Kier alpha value is -1.49. The largest absolute Gasteiger partial charge is 0.367 e. The number of benzene rings is 1. The number of halogens is 2. The Balaban J connectivity index is 1.46. The van der Waals surface area contributed by atoms with Crippen LogP contribution in [0.1, 0.15) is 6.42 Å². The number of piperidine rings is 1. The van der Waals surface area contributed by atoms with E-state index in [4.69, 9.17) is 23.2 Å². The molecule has 114 valence electrons. The number of aromatic nitrogens is 1. The van der Waals surface area contributed by atoms with E-state index in [0.717, 1.165) is 24.6 Å². The van der Waals surface area contributed by atoms with Gasteiger partial charge in [0.2, 0.25) is 0 Å². The average Bonchev–Trinajstić information content (AvgIpc) is 2.51. The third kappa shape index (κ3) is 2.74. The molecule has 1 aromatic carbocycles. The van der Waals surface area contributed by atoms with Crippen molar-refractivity contribution >= 4 is 40.4 Å². The summed E-state index contributed by atoms with van der Waals surface area (Å²) >= 11 is 11.9. The number of nitrogens with one attached hydrogen (secondary N) is 2. The summed E-state index contributed by atoms with van der Waals surface area (Å²) in [6.45, 7) is 2.13. The first-order chi connectivity index (χ1) is 10.7. The number of rotatable bonds is 3. The van der Waals surface area contributed by atoms with Gasteiger partial charge in [0, 0.05) is 30.9 Å². The molecule has 4 nitrogen and oxygen atoms in total. The van der Waals surface area contributed by atoms with Crippen molar-refractivity contribution in [1.29, 1.82) is 0 Å². The third-order valence-corrected chi connectivity index (χ3v) is 4.97. The van der Waals surface area contributed by atoms with E-state index in [9.17, 15) is 0 Å². The summed E-state index contributed by atoms with van der Waals surface area (Å²) in [5.74, 6) is 0.794. The molecule has 2 atom stereocenters. The third-order valence-electron chi connectivity index (χ3n) is 4.23. The van der Waals surface area contributed by atoms with E-state index in [1.807, 2.05) is 18.3 Å². The molecular weight excluding hydrogens is 319 g/mol. The molecule has 5 rings (SSSR count). The van der Waals surface area contributed by atoms with Crippen molar-refractivity contribution < 1.29 is 0 Å². The van der Waals surface area contributed by atoms with Crippen LogP contribution in [-0.2, 0) is 0 Å². The summed E-state index contributed by atoms with van der Waals surface area (Å²) in [4.78, 5) is 6.89. The van der Waals surface area contributed by atoms with Crippen LogP contribution < -0.4 is 15.5 Å². The van der Waals surface area contributed by atoms with Crippen LogP contribution in [-0.4, -0.2) is 30.2 Å². The summed E-state index contributed by atoms with van der Waals surface area (Å²) in [6, 6.07) is 10.8. The average molecular weight is 335 g/mol. The van der Waals surface area contributed by atoms with Gasteiger partial charge in [-0.3, -0.25) is 0 Å². The van der Waals surface area contributed by atoms with E-state index in [0.29, 0.717) is 22.1 Å². The molecule has 0 saturated carbocycles. The van der Waals surface area contributed by atoms with Crippen LogP contribution >= 0.6 is 23.2 Å². The van der Waals surface area contributed by atoms with Gasteiger partial charge in [0.05, 0.1) is 21.9 Å². The maximum absolute atomic E-state index is 6.02. The first kappa shape index (κ1) is 14.1. The highest BCUT2D eigenvalue weighted by molar-refractivity contribution is 6.42. The minimum Gasteiger partial charge on any atom is -0.367 e. The lowest BCUT2D eigenvalue weighted by atomic mass is 9.91. The zero-order valence-electron chi connectivity index (χ0n) is 11.9. The topological polar surface area (TPSA) is 40.2 Å².